The quantitative estimate of drug-likeness (QED) is 0.647. The largest absolute Gasteiger partial charge is 0.466 e. The van der Waals surface area contributed by atoms with Crippen molar-refractivity contribution in [3.63, 3.8) is 0 Å². The van der Waals surface area contributed by atoms with Crippen molar-refractivity contribution in [2.75, 3.05) is 13.1 Å². The Kier molecular flexibility index (Phi) is 6.41. The fraction of sp³-hybridized carbons (Fsp3) is 0.250. The van der Waals surface area contributed by atoms with E-state index in [1.54, 1.807) is 38.1 Å². The van der Waals surface area contributed by atoms with Crippen LogP contribution >= 0.6 is 35.0 Å². The minimum Gasteiger partial charge on any atom is -0.466 e. The number of imide groups is 1. The summed E-state index contributed by atoms with van der Waals surface area (Å²) in [7, 11) is 0. The van der Waals surface area contributed by atoms with Gasteiger partial charge in [-0.05, 0) is 56.3 Å². The van der Waals surface area contributed by atoms with Crippen molar-refractivity contribution < 1.29 is 18.8 Å². The number of rotatable bonds is 5. The summed E-state index contributed by atoms with van der Waals surface area (Å²) in [6.45, 7) is 5.52. The lowest BCUT2D eigenvalue weighted by Crippen LogP contribution is -2.37. The summed E-state index contributed by atoms with van der Waals surface area (Å²) in [6.07, 6.45) is 1.56. The van der Waals surface area contributed by atoms with Crippen LogP contribution in [0.3, 0.4) is 0 Å². The van der Waals surface area contributed by atoms with Crippen molar-refractivity contribution in [2.24, 2.45) is 0 Å². The van der Waals surface area contributed by atoms with Gasteiger partial charge in [-0.3, -0.25) is 19.3 Å². The van der Waals surface area contributed by atoms with Gasteiger partial charge < -0.3 is 9.73 Å². The Morgan fingerprint density at radius 1 is 1.21 bits per heavy atom. The van der Waals surface area contributed by atoms with Gasteiger partial charge in [0.2, 0.25) is 0 Å². The number of hydrogen-bond donors (Lipinski definition) is 1. The Labute approximate surface area is 182 Å². The van der Waals surface area contributed by atoms with Crippen LogP contribution in [-0.4, -0.2) is 35.0 Å². The van der Waals surface area contributed by atoms with Gasteiger partial charge in [0.1, 0.15) is 11.5 Å². The van der Waals surface area contributed by atoms with Crippen LogP contribution in [0.1, 0.15) is 33.0 Å². The second-order valence-electron chi connectivity index (χ2n) is 6.47. The van der Waals surface area contributed by atoms with E-state index in [4.69, 9.17) is 27.6 Å². The highest BCUT2D eigenvalue weighted by Gasteiger charge is 2.35. The van der Waals surface area contributed by atoms with Gasteiger partial charge >= 0.3 is 0 Å². The molecular weight excluding hydrogens is 435 g/mol. The number of hydrogen-bond acceptors (Lipinski definition) is 5. The molecule has 152 valence electrons. The van der Waals surface area contributed by atoms with Crippen LogP contribution in [0.25, 0.3) is 6.08 Å². The lowest BCUT2D eigenvalue weighted by Gasteiger charge is -2.13. The molecule has 2 aromatic rings. The van der Waals surface area contributed by atoms with E-state index in [1.165, 1.54) is 0 Å². The minimum atomic E-state index is -0.424. The van der Waals surface area contributed by atoms with E-state index in [0.29, 0.717) is 32.7 Å². The highest BCUT2D eigenvalue weighted by atomic mass is 35.5. The third-order valence-electron chi connectivity index (χ3n) is 4.53. The number of furan rings is 1. The summed E-state index contributed by atoms with van der Waals surface area (Å²) in [5.41, 5.74) is 1.85. The predicted molar refractivity (Wildman–Crippen MR) is 114 cm³/mol. The second kappa shape index (κ2) is 8.65. The van der Waals surface area contributed by atoms with Gasteiger partial charge in [-0.1, -0.05) is 29.3 Å². The second-order valence-corrected chi connectivity index (χ2v) is 8.31. The van der Waals surface area contributed by atoms with Gasteiger partial charge in [-0.25, -0.2) is 0 Å². The number of aryl methyl sites for hydroxylation is 2. The van der Waals surface area contributed by atoms with Crippen molar-refractivity contribution in [2.45, 2.75) is 20.8 Å². The standard InChI is InChI=1S/C20H18Cl2N2O4S/c1-10-11(2)28-12(3)17(10)18(25)23-6-7-24-19(26)16(29-20(24)27)8-13-4-5-14(21)9-15(13)22/h4-5,8-9H,6-7H2,1-3H3,(H,23,25)/b16-8-. The molecule has 29 heavy (non-hydrogen) atoms. The average molecular weight is 453 g/mol. The zero-order valence-electron chi connectivity index (χ0n) is 16.0. The third kappa shape index (κ3) is 4.52. The maximum Gasteiger partial charge on any atom is 0.293 e. The van der Waals surface area contributed by atoms with Crippen molar-refractivity contribution in [1.82, 2.24) is 10.2 Å². The zero-order chi connectivity index (χ0) is 21.3. The first kappa shape index (κ1) is 21.5. The average Bonchev–Trinajstić information content (AvgIpc) is 3.06. The number of nitrogens with one attached hydrogen (secondary N) is 1. The Morgan fingerprint density at radius 3 is 2.55 bits per heavy atom. The van der Waals surface area contributed by atoms with E-state index in [1.807, 2.05) is 6.92 Å². The van der Waals surface area contributed by atoms with Gasteiger partial charge in [0, 0.05) is 28.7 Å². The first-order valence-corrected chi connectivity index (χ1v) is 10.3. The lowest BCUT2D eigenvalue weighted by molar-refractivity contribution is -0.122. The molecule has 0 unspecified atom stereocenters. The Balaban J connectivity index is 1.65. The molecule has 0 aliphatic carbocycles. The van der Waals surface area contributed by atoms with E-state index in [2.05, 4.69) is 5.32 Å². The SMILES string of the molecule is Cc1oc(C)c(C(=O)NCCN2C(=O)S/C(=C\c3ccc(Cl)cc3Cl)C2=O)c1C. The summed E-state index contributed by atoms with van der Waals surface area (Å²) < 4.78 is 5.46. The summed E-state index contributed by atoms with van der Waals surface area (Å²) in [4.78, 5) is 38.6. The van der Waals surface area contributed by atoms with Gasteiger partial charge in [0.05, 0.1) is 10.5 Å². The van der Waals surface area contributed by atoms with Crippen LogP contribution in [0.2, 0.25) is 10.0 Å². The molecule has 0 bridgehead atoms. The number of carbonyl (C=O) groups excluding carboxylic acids is 3. The van der Waals surface area contributed by atoms with E-state index in [-0.39, 0.29) is 23.9 Å². The molecule has 1 aliphatic heterocycles. The molecule has 9 heteroatoms. The lowest BCUT2D eigenvalue weighted by atomic mass is 10.1. The van der Waals surface area contributed by atoms with Crippen molar-refractivity contribution in [1.29, 1.82) is 0 Å². The molecule has 1 saturated heterocycles. The molecule has 1 aromatic heterocycles. The first-order valence-electron chi connectivity index (χ1n) is 8.74. The molecule has 6 nitrogen and oxygen atoms in total. The van der Waals surface area contributed by atoms with Crippen LogP contribution in [0, 0.1) is 20.8 Å². The Hall–Kier alpha value is -2.22. The molecule has 1 N–H and O–H groups in total. The van der Waals surface area contributed by atoms with Gasteiger partial charge in [-0.2, -0.15) is 0 Å². The maximum absolute atomic E-state index is 12.6. The normalized spacial score (nSPS) is 15.5. The van der Waals surface area contributed by atoms with Crippen molar-refractivity contribution >= 4 is 58.1 Å². The van der Waals surface area contributed by atoms with Crippen molar-refractivity contribution in [3.05, 3.63) is 61.4 Å². The molecule has 0 atom stereocenters. The Morgan fingerprint density at radius 2 is 1.93 bits per heavy atom. The number of amides is 3. The highest BCUT2D eigenvalue weighted by molar-refractivity contribution is 8.18. The van der Waals surface area contributed by atoms with Gasteiger partial charge in [0.15, 0.2) is 0 Å². The van der Waals surface area contributed by atoms with Crippen molar-refractivity contribution in [3.8, 4) is 0 Å². The van der Waals surface area contributed by atoms with E-state index < -0.39 is 11.1 Å². The van der Waals surface area contributed by atoms with E-state index in [0.717, 1.165) is 22.2 Å². The molecule has 3 amide bonds. The third-order valence-corrected chi connectivity index (χ3v) is 6.00. The van der Waals surface area contributed by atoms with Crippen LogP contribution in [-0.2, 0) is 4.79 Å². The monoisotopic (exact) mass is 452 g/mol. The molecule has 1 fully saturated rings. The van der Waals surface area contributed by atoms with E-state index >= 15 is 0 Å². The maximum atomic E-state index is 12.6. The molecule has 3 rings (SSSR count). The van der Waals surface area contributed by atoms with Crippen LogP contribution in [0.15, 0.2) is 27.5 Å². The molecule has 1 aromatic carbocycles. The van der Waals surface area contributed by atoms with E-state index in [9.17, 15) is 14.4 Å². The van der Waals surface area contributed by atoms with Crippen LogP contribution in [0.4, 0.5) is 4.79 Å². The summed E-state index contributed by atoms with van der Waals surface area (Å²) in [5.74, 6) is 0.495. The Bertz CT molecular complexity index is 1050. The highest BCUT2D eigenvalue weighted by Crippen LogP contribution is 2.33. The number of thioether (sulfide) groups is 1. The number of nitrogens with zero attached hydrogens (tertiary/aromatic N) is 1. The number of carbonyl (C=O) groups is 3. The summed E-state index contributed by atoms with van der Waals surface area (Å²) >= 11 is 12.8. The fourth-order valence-corrected chi connectivity index (χ4v) is 4.27. The molecule has 1 aliphatic rings. The van der Waals surface area contributed by atoms with Gasteiger partial charge in [0.25, 0.3) is 17.1 Å². The van der Waals surface area contributed by atoms with Gasteiger partial charge in [-0.15, -0.1) is 0 Å². The predicted octanol–water partition coefficient (Wildman–Crippen LogP) is 4.98. The van der Waals surface area contributed by atoms with Crippen LogP contribution in [0.5, 0.6) is 0 Å². The molecular formula is C20H18Cl2N2O4S. The molecule has 0 radical (unpaired) electrons. The van der Waals surface area contributed by atoms with Crippen LogP contribution < -0.4 is 5.32 Å². The molecule has 0 spiro atoms. The topological polar surface area (TPSA) is 79.6 Å². The fourth-order valence-electron chi connectivity index (χ4n) is 2.95. The molecule has 2 heterocycles. The zero-order valence-corrected chi connectivity index (χ0v) is 18.3. The first-order chi connectivity index (χ1) is 13.7. The minimum absolute atomic E-state index is 0.0665. The smallest absolute Gasteiger partial charge is 0.293 e. The number of halogens is 2. The summed E-state index contributed by atoms with van der Waals surface area (Å²) in [5, 5.41) is 3.20. The number of benzene rings is 1. The molecule has 0 saturated carbocycles. The summed E-state index contributed by atoms with van der Waals surface area (Å²) in [6, 6.07) is 4.90.